The Morgan fingerprint density at radius 1 is 1.00 bits per heavy atom. The van der Waals surface area contributed by atoms with Gasteiger partial charge in [0.25, 0.3) is 0 Å². The smallest absolute Gasteiger partial charge is 0.356 e. The summed E-state index contributed by atoms with van der Waals surface area (Å²) in [6, 6.07) is 8.14. The van der Waals surface area contributed by atoms with Crippen molar-refractivity contribution in [3.63, 3.8) is 0 Å². The normalized spacial score (nSPS) is 10.2. The maximum absolute atomic E-state index is 12.2. The highest BCUT2D eigenvalue weighted by Crippen LogP contribution is 2.20. The molecule has 0 saturated heterocycles. The number of amides is 3. The van der Waals surface area contributed by atoms with Gasteiger partial charge in [0.15, 0.2) is 5.69 Å². The van der Waals surface area contributed by atoms with E-state index in [0.717, 1.165) is 0 Å². The Kier molecular flexibility index (Phi) is 7.26. The highest BCUT2D eigenvalue weighted by molar-refractivity contribution is 5.95. The second-order valence-electron chi connectivity index (χ2n) is 5.85. The van der Waals surface area contributed by atoms with Crippen molar-refractivity contribution < 1.29 is 24.3 Å². The lowest BCUT2D eigenvalue weighted by atomic mass is 10.2. The van der Waals surface area contributed by atoms with E-state index in [2.05, 4.69) is 21.0 Å². The molecule has 0 aliphatic heterocycles. The van der Waals surface area contributed by atoms with Crippen LogP contribution in [0.4, 0.5) is 5.69 Å². The molecule has 10 heteroatoms. The minimum atomic E-state index is -1.15. The van der Waals surface area contributed by atoms with Crippen LogP contribution >= 0.6 is 0 Å². The van der Waals surface area contributed by atoms with Gasteiger partial charge in [-0.3, -0.25) is 14.4 Å². The van der Waals surface area contributed by atoms with Gasteiger partial charge in [-0.25, -0.2) is 9.48 Å². The van der Waals surface area contributed by atoms with Gasteiger partial charge >= 0.3 is 5.97 Å². The van der Waals surface area contributed by atoms with Gasteiger partial charge in [0.05, 0.1) is 11.4 Å². The molecule has 2 aromatic rings. The first-order chi connectivity index (χ1) is 13.4. The standard InChI is InChI=1S/C18H21N5O5/c1-12(24)19-9-10-20-16(25)6-7-17(26)21-13-4-2-3-5-15(13)23-11-8-14(22-23)18(27)28/h2-5,8,11H,6-7,9-10H2,1H3,(H,19,24)(H,20,25)(H,21,26)(H,27,28). The molecule has 1 aromatic heterocycles. The van der Waals surface area contributed by atoms with Gasteiger partial charge in [-0.15, -0.1) is 0 Å². The number of aromatic carboxylic acids is 1. The lowest BCUT2D eigenvalue weighted by Crippen LogP contribution is -2.33. The number of carboxylic acid groups (broad SMARTS) is 1. The minimum absolute atomic E-state index is 0.000988. The number of nitrogens with one attached hydrogen (secondary N) is 3. The van der Waals surface area contributed by atoms with E-state index in [4.69, 9.17) is 5.11 Å². The first-order valence-corrected chi connectivity index (χ1v) is 8.56. The predicted molar refractivity (Wildman–Crippen MR) is 100 cm³/mol. The number of hydrogen-bond donors (Lipinski definition) is 4. The molecule has 0 bridgehead atoms. The van der Waals surface area contributed by atoms with Crippen LogP contribution in [0.1, 0.15) is 30.3 Å². The van der Waals surface area contributed by atoms with Gasteiger partial charge in [0.1, 0.15) is 0 Å². The predicted octanol–water partition coefficient (Wildman–Crippen LogP) is 0.541. The topological polar surface area (TPSA) is 142 Å². The zero-order valence-corrected chi connectivity index (χ0v) is 15.3. The number of para-hydroxylation sites is 2. The van der Waals surface area contributed by atoms with Crippen LogP contribution in [0.25, 0.3) is 5.69 Å². The van der Waals surface area contributed by atoms with Crippen molar-refractivity contribution in [1.82, 2.24) is 20.4 Å². The number of anilines is 1. The molecule has 28 heavy (non-hydrogen) atoms. The van der Waals surface area contributed by atoms with Crippen molar-refractivity contribution in [1.29, 1.82) is 0 Å². The average Bonchev–Trinajstić information content (AvgIpc) is 3.14. The summed E-state index contributed by atoms with van der Waals surface area (Å²) in [7, 11) is 0. The third-order valence-electron chi connectivity index (χ3n) is 3.63. The fourth-order valence-electron chi connectivity index (χ4n) is 2.32. The fraction of sp³-hybridized carbons (Fsp3) is 0.278. The molecule has 0 aliphatic rings. The summed E-state index contributed by atoms with van der Waals surface area (Å²) in [4.78, 5) is 45.6. The highest BCUT2D eigenvalue weighted by Gasteiger charge is 2.13. The Morgan fingerprint density at radius 3 is 2.36 bits per heavy atom. The average molecular weight is 387 g/mol. The summed E-state index contributed by atoms with van der Waals surface area (Å²) in [6.07, 6.45) is 1.45. The number of benzene rings is 1. The Hall–Kier alpha value is -3.69. The summed E-state index contributed by atoms with van der Waals surface area (Å²) >= 11 is 0. The lowest BCUT2D eigenvalue weighted by molar-refractivity contribution is -0.124. The Morgan fingerprint density at radius 2 is 1.68 bits per heavy atom. The van der Waals surface area contributed by atoms with Gasteiger partial charge in [-0.2, -0.15) is 5.10 Å². The van der Waals surface area contributed by atoms with Gasteiger partial charge in [0, 0.05) is 39.1 Å². The van der Waals surface area contributed by atoms with Crippen molar-refractivity contribution in [2.75, 3.05) is 18.4 Å². The molecule has 0 atom stereocenters. The molecule has 0 radical (unpaired) electrons. The van der Waals surface area contributed by atoms with Crippen LogP contribution in [-0.4, -0.2) is 51.7 Å². The van der Waals surface area contributed by atoms with Crippen molar-refractivity contribution >= 4 is 29.4 Å². The van der Waals surface area contributed by atoms with Crippen LogP contribution in [0.5, 0.6) is 0 Å². The number of rotatable bonds is 9. The van der Waals surface area contributed by atoms with E-state index in [1.807, 2.05) is 0 Å². The van der Waals surface area contributed by atoms with E-state index in [-0.39, 0.29) is 42.8 Å². The Labute approximate surface area is 160 Å². The summed E-state index contributed by atoms with van der Waals surface area (Å²) in [6.45, 7) is 1.99. The zero-order valence-electron chi connectivity index (χ0n) is 15.3. The number of hydrogen-bond acceptors (Lipinski definition) is 5. The van der Waals surface area contributed by atoms with E-state index in [1.165, 1.54) is 23.9 Å². The molecule has 3 amide bonds. The third-order valence-corrected chi connectivity index (χ3v) is 3.63. The van der Waals surface area contributed by atoms with E-state index in [9.17, 15) is 19.2 Å². The molecular formula is C18H21N5O5. The molecule has 0 spiro atoms. The first kappa shape index (κ1) is 20.6. The van der Waals surface area contributed by atoms with Crippen LogP contribution in [0.2, 0.25) is 0 Å². The van der Waals surface area contributed by atoms with E-state index < -0.39 is 5.97 Å². The van der Waals surface area contributed by atoms with Crippen molar-refractivity contribution in [3.05, 3.63) is 42.2 Å². The number of aromatic nitrogens is 2. The van der Waals surface area contributed by atoms with E-state index >= 15 is 0 Å². The molecule has 2 rings (SSSR count). The molecule has 10 nitrogen and oxygen atoms in total. The van der Waals surface area contributed by atoms with E-state index in [1.54, 1.807) is 24.3 Å². The molecular weight excluding hydrogens is 366 g/mol. The second kappa shape index (κ2) is 9.86. The van der Waals surface area contributed by atoms with Gasteiger partial charge in [-0.1, -0.05) is 12.1 Å². The quantitative estimate of drug-likeness (QED) is 0.463. The molecule has 1 aromatic carbocycles. The minimum Gasteiger partial charge on any atom is -0.476 e. The molecule has 148 valence electrons. The van der Waals surface area contributed by atoms with Crippen molar-refractivity contribution in [2.24, 2.45) is 0 Å². The number of carboxylic acids is 1. The van der Waals surface area contributed by atoms with E-state index in [0.29, 0.717) is 17.9 Å². The fourth-order valence-corrected chi connectivity index (χ4v) is 2.32. The number of carbonyl (C=O) groups is 4. The summed E-state index contributed by atoms with van der Waals surface area (Å²) in [5.74, 6) is -1.99. The monoisotopic (exact) mass is 387 g/mol. The van der Waals surface area contributed by atoms with Gasteiger partial charge in [0.2, 0.25) is 17.7 Å². The summed E-state index contributed by atoms with van der Waals surface area (Å²) in [5, 5.41) is 20.8. The maximum atomic E-state index is 12.2. The molecule has 0 aliphatic carbocycles. The van der Waals surface area contributed by atoms with Crippen LogP contribution in [0, 0.1) is 0 Å². The van der Waals surface area contributed by atoms with Gasteiger partial charge in [-0.05, 0) is 18.2 Å². The van der Waals surface area contributed by atoms with Crippen LogP contribution in [-0.2, 0) is 14.4 Å². The molecule has 4 N–H and O–H groups in total. The summed E-state index contributed by atoms with van der Waals surface area (Å²) < 4.78 is 1.35. The Balaban J connectivity index is 1.89. The van der Waals surface area contributed by atoms with Crippen molar-refractivity contribution in [3.8, 4) is 5.69 Å². The molecule has 0 unspecified atom stereocenters. The largest absolute Gasteiger partial charge is 0.476 e. The molecule has 0 saturated carbocycles. The van der Waals surface area contributed by atoms with Crippen LogP contribution in [0.15, 0.2) is 36.5 Å². The van der Waals surface area contributed by atoms with Crippen molar-refractivity contribution in [2.45, 2.75) is 19.8 Å². The first-order valence-electron chi connectivity index (χ1n) is 8.56. The third kappa shape index (κ3) is 6.24. The number of carbonyl (C=O) groups excluding carboxylic acids is 3. The van der Waals surface area contributed by atoms with Crippen LogP contribution in [0.3, 0.4) is 0 Å². The second-order valence-corrected chi connectivity index (χ2v) is 5.85. The SMILES string of the molecule is CC(=O)NCCNC(=O)CCC(=O)Nc1ccccc1-n1ccc(C(=O)O)n1. The highest BCUT2D eigenvalue weighted by atomic mass is 16.4. The number of nitrogens with zero attached hydrogens (tertiary/aromatic N) is 2. The van der Waals surface area contributed by atoms with Gasteiger partial charge < -0.3 is 21.1 Å². The maximum Gasteiger partial charge on any atom is 0.356 e. The Bertz CT molecular complexity index is 877. The lowest BCUT2D eigenvalue weighted by Gasteiger charge is -2.11. The summed E-state index contributed by atoms with van der Waals surface area (Å²) in [5.41, 5.74) is 0.832. The molecule has 0 fully saturated rings. The molecule has 1 heterocycles. The van der Waals surface area contributed by atoms with Crippen LogP contribution < -0.4 is 16.0 Å². The zero-order chi connectivity index (χ0) is 20.5.